The molecule has 1 aliphatic rings. The topological polar surface area (TPSA) is 0 Å². The highest BCUT2D eigenvalue weighted by molar-refractivity contribution is 4.92. The molecule has 1 fully saturated rings. The molecule has 0 radical (unpaired) electrons. The Morgan fingerprint density at radius 2 is 1.21 bits per heavy atom. The molecule has 0 nitrogen and oxygen atoms in total. The summed E-state index contributed by atoms with van der Waals surface area (Å²) in [5.74, 6) is 0.890. The van der Waals surface area contributed by atoms with Crippen LogP contribution in [0.1, 0.15) is 67.7 Å². The van der Waals surface area contributed by atoms with Gasteiger partial charge in [-0.25, -0.2) is 0 Å². The Morgan fingerprint density at radius 1 is 0.857 bits per heavy atom. The van der Waals surface area contributed by atoms with Crippen LogP contribution < -0.4 is 0 Å². The molecular weight excluding hydrogens is 168 g/mol. The summed E-state index contributed by atoms with van der Waals surface area (Å²) in [6, 6.07) is 0. The van der Waals surface area contributed by atoms with Gasteiger partial charge < -0.3 is 0 Å². The summed E-state index contributed by atoms with van der Waals surface area (Å²) in [5, 5.41) is 0. The van der Waals surface area contributed by atoms with E-state index >= 15 is 0 Å². The smallest absolute Gasteiger partial charge is 0.0346 e. The first kappa shape index (κ1) is 12.1. The van der Waals surface area contributed by atoms with Gasteiger partial charge in [0.15, 0.2) is 0 Å². The van der Waals surface area contributed by atoms with Crippen LogP contribution in [0.4, 0.5) is 0 Å². The molecule has 0 bridgehead atoms. The minimum Gasteiger partial charge on any atom is -0.0599 e. The largest absolute Gasteiger partial charge is 0.0599 e. The van der Waals surface area contributed by atoms with Gasteiger partial charge in [-0.15, -0.1) is 0 Å². The SMILES string of the molecule is CC1(C)CC(C(C)(C)C)CC(C)(C)C1. The predicted octanol–water partition coefficient (Wildman–Crippen LogP) is 4.89. The zero-order valence-electron chi connectivity index (χ0n) is 11.2. The number of hydrogen-bond donors (Lipinski definition) is 0. The maximum atomic E-state index is 2.44. The van der Waals surface area contributed by atoms with Crippen molar-refractivity contribution in [1.29, 1.82) is 0 Å². The summed E-state index contributed by atoms with van der Waals surface area (Å²) in [6.45, 7) is 16.9. The van der Waals surface area contributed by atoms with Crippen molar-refractivity contribution in [1.82, 2.24) is 0 Å². The fourth-order valence-electron chi connectivity index (χ4n) is 3.46. The van der Waals surface area contributed by atoms with Crippen molar-refractivity contribution in [3.8, 4) is 0 Å². The van der Waals surface area contributed by atoms with Crippen LogP contribution in [-0.4, -0.2) is 0 Å². The number of rotatable bonds is 0. The molecule has 0 heterocycles. The Morgan fingerprint density at radius 3 is 1.50 bits per heavy atom. The fourth-order valence-corrected chi connectivity index (χ4v) is 3.46. The van der Waals surface area contributed by atoms with E-state index in [0.717, 1.165) is 5.92 Å². The van der Waals surface area contributed by atoms with E-state index in [1.807, 2.05) is 0 Å². The highest BCUT2D eigenvalue weighted by Gasteiger charge is 2.42. The molecule has 0 aromatic heterocycles. The average molecular weight is 196 g/mol. The Balaban J connectivity index is 2.82. The lowest BCUT2D eigenvalue weighted by Crippen LogP contribution is -2.38. The van der Waals surface area contributed by atoms with Crippen molar-refractivity contribution in [2.24, 2.45) is 22.2 Å². The van der Waals surface area contributed by atoms with E-state index < -0.39 is 0 Å². The van der Waals surface area contributed by atoms with Crippen LogP contribution >= 0.6 is 0 Å². The first-order valence-electron chi connectivity index (χ1n) is 6.02. The van der Waals surface area contributed by atoms with Crippen molar-refractivity contribution in [2.75, 3.05) is 0 Å². The van der Waals surface area contributed by atoms with Crippen molar-refractivity contribution in [3.05, 3.63) is 0 Å². The third-order valence-electron chi connectivity index (χ3n) is 3.78. The summed E-state index contributed by atoms with van der Waals surface area (Å²) in [4.78, 5) is 0. The zero-order chi connectivity index (χ0) is 11.2. The molecule has 1 rings (SSSR count). The highest BCUT2D eigenvalue weighted by atomic mass is 14.5. The van der Waals surface area contributed by atoms with E-state index in [9.17, 15) is 0 Å². The standard InChI is InChI=1S/C14H28/c1-12(2,3)11-8-13(4,5)10-14(6,7)9-11/h11H,8-10H2,1-7H3. The molecule has 0 saturated heterocycles. The van der Waals surface area contributed by atoms with Crippen molar-refractivity contribution < 1.29 is 0 Å². The summed E-state index contributed by atoms with van der Waals surface area (Å²) >= 11 is 0. The fraction of sp³-hybridized carbons (Fsp3) is 1.00. The first-order valence-corrected chi connectivity index (χ1v) is 6.02. The van der Waals surface area contributed by atoms with Crippen LogP contribution in [0.25, 0.3) is 0 Å². The van der Waals surface area contributed by atoms with E-state index in [1.54, 1.807) is 0 Å². The Bertz CT molecular complexity index is 187. The van der Waals surface area contributed by atoms with Crippen LogP contribution in [0.15, 0.2) is 0 Å². The van der Waals surface area contributed by atoms with Gasteiger partial charge in [-0.2, -0.15) is 0 Å². The lowest BCUT2D eigenvalue weighted by molar-refractivity contribution is 0.0162. The molecule has 14 heavy (non-hydrogen) atoms. The third kappa shape index (κ3) is 3.00. The van der Waals surface area contributed by atoms with E-state index in [4.69, 9.17) is 0 Å². The number of hydrogen-bond acceptors (Lipinski definition) is 0. The van der Waals surface area contributed by atoms with Gasteiger partial charge in [-0.05, 0) is 41.4 Å². The molecule has 84 valence electrons. The Labute approximate surface area is 90.5 Å². The molecule has 0 aromatic rings. The second-order valence-corrected chi connectivity index (χ2v) is 7.98. The van der Waals surface area contributed by atoms with Gasteiger partial charge >= 0.3 is 0 Å². The summed E-state index contributed by atoms with van der Waals surface area (Å²) in [6.07, 6.45) is 4.19. The van der Waals surface area contributed by atoms with Crippen LogP contribution in [0.3, 0.4) is 0 Å². The summed E-state index contributed by atoms with van der Waals surface area (Å²) in [7, 11) is 0. The van der Waals surface area contributed by atoms with Gasteiger partial charge in [0.1, 0.15) is 0 Å². The predicted molar refractivity (Wildman–Crippen MR) is 64.4 cm³/mol. The van der Waals surface area contributed by atoms with Gasteiger partial charge in [0.05, 0.1) is 0 Å². The highest BCUT2D eigenvalue weighted by Crippen LogP contribution is 2.52. The minimum absolute atomic E-state index is 0.481. The molecule has 0 aromatic carbocycles. The second kappa shape index (κ2) is 3.25. The van der Waals surface area contributed by atoms with E-state index in [1.165, 1.54) is 19.3 Å². The van der Waals surface area contributed by atoms with Gasteiger partial charge in [-0.3, -0.25) is 0 Å². The average Bonchev–Trinajstić information content (AvgIpc) is 1.76. The lowest BCUT2D eigenvalue weighted by Gasteiger charge is -2.49. The maximum Gasteiger partial charge on any atom is -0.0346 e. The molecule has 1 saturated carbocycles. The van der Waals surface area contributed by atoms with Crippen LogP contribution in [0.5, 0.6) is 0 Å². The molecular formula is C14H28. The van der Waals surface area contributed by atoms with Crippen LogP contribution in [0.2, 0.25) is 0 Å². The van der Waals surface area contributed by atoms with E-state index in [2.05, 4.69) is 48.5 Å². The second-order valence-electron chi connectivity index (χ2n) is 7.98. The maximum absolute atomic E-state index is 2.44. The molecule has 0 unspecified atom stereocenters. The normalized spacial score (nSPS) is 27.6. The van der Waals surface area contributed by atoms with E-state index in [0.29, 0.717) is 16.2 Å². The Hall–Kier alpha value is 0. The van der Waals surface area contributed by atoms with Crippen molar-refractivity contribution in [3.63, 3.8) is 0 Å². The first-order chi connectivity index (χ1) is 6.02. The van der Waals surface area contributed by atoms with Crippen LogP contribution in [0, 0.1) is 22.2 Å². The lowest BCUT2D eigenvalue weighted by atomic mass is 9.56. The molecule has 0 amide bonds. The minimum atomic E-state index is 0.481. The van der Waals surface area contributed by atoms with Crippen molar-refractivity contribution in [2.45, 2.75) is 67.7 Å². The molecule has 0 aliphatic heterocycles. The van der Waals surface area contributed by atoms with Gasteiger partial charge in [0.2, 0.25) is 0 Å². The summed E-state index contributed by atoms with van der Waals surface area (Å²) in [5.41, 5.74) is 1.56. The quantitative estimate of drug-likeness (QED) is 0.518. The molecule has 0 spiro atoms. The zero-order valence-corrected chi connectivity index (χ0v) is 11.2. The van der Waals surface area contributed by atoms with Gasteiger partial charge in [0.25, 0.3) is 0 Å². The van der Waals surface area contributed by atoms with E-state index in [-0.39, 0.29) is 0 Å². The molecule has 0 atom stereocenters. The van der Waals surface area contributed by atoms with Crippen molar-refractivity contribution >= 4 is 0 Å². The van der Waals surface area contributed by atoms with Gasteiger partial charge in [0, 0.05) is 0 Å². The molecule has 0 heteroatoms. The summed E-state index contributed by atoms with van der Waals surface area (Å²) < 4.78 is 0. The molecule has 1 aliphatic carbocycles. The monoisotopic (exact) mass is 196 g/mol. The van der Waals surface area contributed by atoms with Gasteiger partial charge in [-0.1, -0.05) is 48.5 Å². The van der Waals surface area contributed by atoms with Crippen LogP contribution in [-0.2, 0) is 0 Å². The Kier molecular flexibility index (Phi) is 2.80. The third-order valence-corrected chi connectivity index (χ3v) is 3.78. The molecule has 0 N–H and O–H groups in total.